The molecule has 0 spiro atoms. The van der Waals surface area contributed by atoms with Crippen molar-refractivity contribution < 1.29 is 9.53 Å². The van der Waals surface area contributed by atoms with Gasteiger partial charge in [0.2, 0.25) is 0 Å². The second-order valence-electron chi connectivity index (χ2n) is 8.16. The largest absolute Gasteiger partial charge is 0.484 e. The summed E-state index contributed by atoms with van der Waals surface area (Å²) in [5.41, 5.74) is 1.21. The van der Waals surface area contributed by atoms with Gasteiger partial charge < -0.3 is 14.6 Å². The smallest absolute Gasteiger partial charge is 0.260 e. The van der Waals surface area contributed by atoms with Crippen LogP contribution in [0, 0.1) is 0 Å². The second-order valence-corrected chi connectivity index (χ2v) is 9.25. The molecule has 1 amide bonds. The van der Waals surface area contributed by atoms with E-state index in [4.69, 9.17) is 9.72 Å². The monoisotopic (exact) mass is 438 g/mol. The van der Waals surface area contributed by atoms with E-state index in [1.165, 1.54) is 16.9 Å². The van der Waals surface area contributed by atoms with Gasteiger partial charge in [-0.2, -0.15) is 0 Å². The fraction of sp³-hybridized carbons (Fsp3) is 0.435. The molecule has 2 aromatic heterocycles. The number of aromatic amines is 1. The van der Waals surface area contributed by atoms with Gasteiger partial charge in [-0.15, -0.1) is 11.3 Å². The standard InChI is InChI=1S/C23H26N4O3S/c28-20(15-30-16-6-2-1-3-7-16)27-12-10-26(11-13-27)14-19-24-22(29)21-17-8-4-5-9-18(17)31-23(21)25-19/h1-3,6-7H,4-5,8-15H2,(H,24,25,29). The Morgan fingerprint density at radius 1 is 1.10 bits per heavy atom. The third-order valence-electron chi connectivity index (χ3n) is 6.08. The van der Waals surface area contributed by atoms with Gasteiger partial charge >= 0.3 is 0 Å². The molecule has 2 aliphatic rings. The van der Waals surface area contributed by atoms with Crippen LogP contribution in [-0.2, 0) is 24.2 Å². The number of carbonyl (C=O) groups is 1. The third-order valence-corrected chi connectivity index (χ3v) is 7.26. The molecular formula is C23H26N4O3S. The van der Waals surface area contributed by atoms with Crippen LogP contribution in [0.25, 0.3) is 10.2 Å². The molecule has 1 saturated heterocycles. The molecule has 1 N–H and O–H groups in total. The SMILES string of the molecule is O=C(COc1ccccc1)N1CCN(Cc2nc3sc4c(c3c(=O)[nH]2)CCCC4)CC1. The Morgan fingerprint density at radius 2 is 1.87 bits per heavy atom. The molecule has 3 heterocycles. The molecule has 0 bridgehead atoms. The number of nitrogens with one attached hydrogen (secondary N) is 1. The van der Waals surface area contributed by atoms with Crippen LogP contribution in [0.4, 0.5) is 0 Å². The van der Waals surface area contributed by atoms with Crippen LogP contribution in [0.15, 0.2) is 35.1 Å². The van der Waals surface area contributed by atoms with Gasteiger partial charge in [0.25, 0.3) is 11.5 Å². The Kier molecular flexibility index (Phi) is 5.74. The highest BCUT2D eigenvalue weighted by atomic mass is 32.1. The van der Waals surface area contributed by atoms with Crippen molar-refractivity contribution in [3.63, 3.8) is 0 Å². The lowest BCUT2D eigenvalue weighted by atomic mass is 9.97. The maximum Gasteiger partial charge on any atom is 0.260 e. The molecule has 1 fully saturated rings. The number of carbonyl (C=O) groups excluding carboxylic acids is 1. The first-order valence-corrected chi connectivity index (χ1v) is 11.7. The van der Waals surface area contributed by atoms with Gasteiger partial charge in [0.1, 0.15) is 16.4 Å². The van der Waals surface area contributed by atoms with E-state index in [-0.39, 0.29) is 18.1 Å². The van der Waals surface area contributed by atoms with Crippen LogP contribution in [0.2, 0.25) is 0 Å². The predicted molar refractivity (Wildman–Crippen MR) is 121 cm³/mol. The molecular weight excluding hydrogens is 412 g/mol. The molecule has 31 heavy (non-hydrogen) atoms. The first kappa shape index (κ1) is 20.2. The number of hydrogen-bond acceptors (Lipinski definition) is 6. The summed E-state index contributed by atoms with van der Waals surface area (Å²) in [6.45, 7) is 3.45. The van der Waals surface area contributed by atoms with Crippen molar-refractivity contribution in [2.75, 3.05) is 32.8 Å². The number of para-hydroxylation sites is 1. The number of ether oxygens (including phenoxy) is 1. The van der Waals surface area contributed by atoms with E-state index in [2.05, 4.69) is 9.88 Å². The van der Waals surface area contributed by atoms with Gasteiger partial charge in [-0.05, 0) is 43.4 Å². The lowest BCUT2D eigenvalue weighted by Gasteiger charge is -2.34. The Labute approximate surface area is 184 Å². The van der Waals surface area contributed by atoms with Gasteiger partial charge in [-0.25, -0.2) is 4.98 Å². The number of nitrogens with zero attached hydrogens (tertiary/aromatic N) is 3. The number of amides is 1. The number of fused-ring (bicyclic) bond motifs is 3. The Hall–Kier alpha value is -2.71. The zero-order valence-corrected chi connectivity index (χ0v) is 18.2. The van der Waals surface area contributed by atoms with Gasteiger partial charge in [0.15, 0.2) is 6.61 Å². The molecule has 0 unspecified atom stereocenters. The molecule has 0 radical (unpaired) electrons. The van der Waals surface area contributed by atoms with Crippen molar-refractivity contribution >= 4 is 27.5 Å². The summed E-state index contributed by atoms with van der Waals surface area (Å²) in [5, 5.41) is 0.803. The average molecular weight is 439 g/mol. The highest BCUT2D eigenvalue weighted by Crippen LogP contribution is 2.33. The highest BCUT2D eigenvalue weighted by molar-refractivity contribution is 7.18. The van der Waals surface area contributed by atoms with Crippen LogP contribution >= 0.6 is 11.3 Å². The Balaban J connectivity index is 1.18. The van der Waals surface area contributed by atoms with Gasteiger partial charge in [0, 0.05) is 31.1 Å². The van der Waals surface area contributed by atoms with Crippen LogP contribution in [0.3, 0.4) is 0 Å². The van der Waals surface area contributed by atoms with Gasteiger partial charge in [-0.3, -0.25) is 14.5 Å². The molecule has 7 nitrogen and oxygen atoms in total. The van der Waals surface area contributed by atoms with Crippen LogP contribution < -0.4 is 10.3 Å². The fourth-order valence-electron chi connectivity index (χ4n) is 4.40. The lowest BCUT2D eigenvalue weighted by Crippen LogP contribution is -2.49. The molecule has 162 valence electrons. The molecule has 8 heteroatoms. The number of aromatic nitrogens is 2. The summed E-state index contributed by atoms with van der Waals surface area (Å²) < 4.78 is 5.58. The summed E-state index contributed by atoms with van der Waals surface area (Å²) in [4.78, 5) is 39.2. The minimum atomic E-state index is -0.00808. The number of rotatable bonds is 5. The molecule has 1 aliphatic carbocycles. The van der Waals surface area contributed by atoms with Crippen LogP contribution in [-0.4, -0.2) is 58.5 Å². The van der Waals surface area contributed by atoms with E-state index in [1.807, 2.05) is 35.2 Å². The summed E-state index contributed by atoms with van der Waals surface area (Å²) in [6, 6.07) is 9.39. The zero-order valence-electron chi connectivity index (χ0n) is 17.4. The van der Waals surface area contributed by atoms with Crippen molar-refractivity contribution in [2.45, 2.75) is 32.2 Å². The Bertz CT molecular complexity index is 1130. The van der Waals surface area contributed by atoms with Crippen molar-refractivity contribution in [1.82, 2.24) is 19.8 Å². The van der Waals surface area contributed by atoms with E-state index >= 15 is 0 Å². The number of benzene rings is 1. The zero-order chi connectivity index (χ0) is 21.2. The number of hydrogen-bond donors (Lipinski definition) is 1. The summed E-state index contributed by atoms with van der Waals surface area (Å²) in [6.07, 6.45) is 4.40. The van der Waals surface area contributed by atoms with Crippen LogP contribution in [0.5, 0.6) is 5.75 Å². The van der Waals surface area contributed by atoms with Crippen molar-refractivity contribution in [2.24, 2.45) is 0 Å². The van der Waals surface area contributed by atoms with Gasteiger partial charge in [-0.1, -0.05) is 18.2 Å². The summed E-state index contributed by atoms with van der Waals surface area (Å²) in [7, 11) is 0. The second kappa shape index (κ2) is 8.80. The fourth-order valence-corrected chi connectivity index (χ4v) is 5.68. The van der Waals surface area contributed by atoms with Crippen molar-refractivity contribution in [3.05, 3.63) is 57.0 Å². The molecule has 5 rings (SSSR count). The Morgan fingerprint density at radius 3 is 2.68 bits per heavy atom. The maximum atomic E-state index is 12.7. The van der Waals surface area contributed by atoms with E-state index in [0.29, 0.717) is 31.2 Å². The van der Waals surface area contributed by atoms with E-state index < -0.39 is 0 Å². The van der Waals surface area contributed by atoms with E-state index in [1.54, 1.807) is 11.3 Å². The number of thiophene rings is 1. The summed E-state index contributed by atoms with van der Waals surface area (Å²) >= 11 is 1.68. The predicted octanol–water partition coefficient (Wildman–Crippen LogP) is 2.59. The van der Waals surface area contributed by atoms with Crippen molar-refractivity contribution in [1.29, 1.82) is 0 Å². The van der Waals surface area contributed by atoms with E-state index in [0.717, 1.165) is 42.6 Å². The average Bonchev–Trinajstić information content (AvgIpc) is 3.17. The molecule has 3 aromatic rings. The van der Waals surface area contributed by atoms with Crippen molar-refractivity contribution in [3.8, 4) is 5.75 Å². The third kappa shape index (κ3) is 4.36. The highest BCUT2D eigenvalue weighted by Gasteiger charge is 2.23. The molecule has 0 atom stereocenters. The van der Waals surface area contributed by atoms with E-state index in [9.17, 15) is 9.59 Å². The molecule has 1 aliphatic heterocycles. The topological polar surface area (TPSA) is 78.5 Å². The first-order valence-electron chi connectivity index (χ1n) is 10.9. The molecule has 0 saturated carbocycles. The number of H-pyrrole nitrogens is 1. The number of piperazine rings is 1. The summed E-state index contributed by atoms with van der Waals surface area (Å²) in [5.74, 6) is 1.42. The normalized spacial score (nSPS) is 17.0. The molecule has 1 aromatic carbocycles. The lowest BCUT2D eigenvalue weighted by molar-refractivity contribution is -0.135. The minimum absolute atomic E-state index is 0.000575. The minimum Gasteiger partial charge on any atom is -0.484 e. The maximum absolute atomic E-state index is 12.7. The van der Waals surface area contributed by atoms with Gasteiger partial charge in [0.05, 0.1) is 11.9 Å². The number of aryl methyl sites for hydroxylation is 2. The van der Waals surface area contributed by atoms with Crippen LogP contribution in [0.1, 0.15) is 29.1 Å². The first-order chi connectivity index (χ1) is 15.2. The quantitative estimate of drug-likeness (QED) is 0.663.